The van der Waals surface area contributed by atoms with E-state index in [1.165, 1.54) is 0 Å². The fourth-order valence-corrected chi connectivity index (χ4v) is 3.91. The zero-order chi connectivity index (χ0) is 22.2. The first-order valence-corrected chi connectivity index (χ1v) is 11.2. The van der Waals surface area contributed by atoms with E-state index in [-0.39, 0.29) is 18.4 Å². The minimum atomic E-state index is -0.608. The first kappa shape index (κ1) is 22.8. The van der Waals surface area contributed by atoms with Gasteiger partial charge >= 0.3 is 0 Å². The summed E-state index contributed by atoms with van der Waals surface area (Å²) in [5, 5.41) is 4.97. The first-order chi connectivity index (χ1) is 15.0. The van der Waals surface area contributed by atoms with Crippen LogP contribution < -0.4 is 10.1 Å². The first-order valence-electron chi connectivity index (χ1n) is 10.4. The highest BCUT2D eigenvalue weighted by Gasteiger charge is 2.26. The Hall–Kier alpha value is -2.86. The summed E-state index contributed by atoms with van der Waals surface area (Å²) in [6.07, 6.45) is 0.837. The van der Waals surface area contributed by atoms with Crippen molar-refractivity contribution in [1.29, 1.82) is 0 Å². The normalized spacial score (nSPS) is 11.7. The van der Waals surface area contributed by atoms with Gasteiger partial charge in [-0.3, -0.25) is 9.59 Å². The standard InChI is InChI=1S/C25H27BrN2O3/c1-3-15-27-25(30)18(2)28(16-19-9-5-4-6-10-19)23(29)17-31-22-14-13-20-11-7-8-12-21(20)24(22)26/h4-14,18H,3,15-17H2,1-2H3,(H,27,30). The number of hydrogen-bond donors (Lipinski definition) is 1. The maximum atomic E-state index is 13.1. The van der Waals surface area contributed by atoms with Crippen LogP contribution in [0.5, 0.6) is 5.75 Å². The second kappa shape index (κ2) is 11.0. The Morgan fingerprint density at radius 1 is 1.03 bits per heavy atom. The Morgan fingerprint density at radius 2 is 1.74 bits per heavy atom. The number of nitrogens with one attached hydrogen (secondary N) is 1. The molecular formula is C25H27BrN2O3. The lowest BCUT2D eigenvalue weighted by atomic mass is 10.1. The van der Waals surface area contributed by atoms with E-state index in [2.05, 4.69) is 21.2 Å². The maximum Gasteiger partial charge on any atom is 0.261 e. The molecule has 2 amide bonds. The lowest BCUT2D eigenvalue weighted by Crippen LogP contribution is -2.49. The van der Waals surface area contributed by atoms with Crippen molar-refractivity contribution < 1.29 is 14.3 Å². The fraction of sp³-hybridized carbons (Fsp3) is 0.280. The van der Waals surface area contributed by atoms with E-state index in [0.717, 1.165) is 27.2 Å². The van der Waals surface area contributed by atoms with Crippen molar-refractivity contribution in [3.8, 4) is 5.75 Å². The molecule has 0 aliphatic carbocycles. The zero-order valence-electron chi connectivity index (χ0n) is 17.8. The molecular weight excluding hydrogens is 456 g/mol. The largest absolute Gasteiger partial charge is 0.483 e. The fourth-order valence-electron chi connectivity index (χ4n) is 3.31. The second-order valence-corrected chi connectivity index (χ2v) is 8.15. The van der Waals surface area contributed by atoms with Gasteiger partial charge in [-0.25, -0.2) is 0 Å². The third-order valence-electron chi connectivity index (χ3n) is 5.09. The van der Waals surface area contributed by atoms with Crippen LogP contribution >= 0.6 is 15.9 Å². The van der Waals surface area contributed by atoms with Gasteiger partial charge in [-0.05, 0) is 51.7 Å². The highest BCUT2D eigenvalue weighted by molar-refractivity contribution is 9.10. The Bertz CT molecular complexity index is 1040. The predicted molar refractivity (Wildman–Crippen MR) is 127 cm³/mol. The molecule has 6 heteroatoms. The number of ether oxygens (including phenoxy) is 1. The van der Waals surface area contributed by atoms with Crippen LogP contribution in [0.3, 0.4) is 0 Å². The summed E-state index contributed by atoms with van der Waals surface area (Å²) in [5.74, 6) is 0.177. The molecule has 0 fully saturated rings. The molecule has 0 saturated heterocycles. The van der Waals surface area contributed by atoms with Crippen molar-refractivity contribution >= 4 is 38.5 Å². The number of halogens is 1. The Labute approximate surface area is 191 Å². The van der Waals surface area contributed by atoms with Gasteiger partial charge in [-0.2, -0.15) is 0 Å². The van der Waals surface area contributed by atoms with Gasteiger partial charge in [-0.1, -0.05) is 67.6 Å². The van der Waals surface area contributed by atoms with E-state index in [9.17, 15) is 9.59 Å². The van der Waals surface area contributed by atoms with E-state index >= 15 is 0 Å². The molecule has 0 radical (unpaired) electrons. The van der Waals surface area contributed by atoms with Gasteiger partial charge in [0.05, 0.1) is 4.47 Å². The van der Waals surface area contributed by atoms with Crippen molar-refractivity contribution in [2.75, 3.05) is 13.2 Å². The number of nitrogens with zero attached hydrogens (tertiary/aromatic N) is 1. The van der Waals surface area contributed by atoms with E-state index in [1.807, 2.05) is 73.7 Å². The second-order valence-electron chi connectivity index (χ2n) is 7.36. The molecule has 0 aromatic heterocycles. The van der Waals surface area contributed by atoms with E-state index in [1.54, 1.807) is 11.8 Å². The quantitative estimate of drug-likeness (QED) is 0.470. The minimum absolute atomic E-state index is 0.158. The van der Waals surface area contributed by atoms with Gasteiger partial charge < -0.3 is 15.0 Å². The third-order valence-corrected chi connectivity index (χ3v) is 5.91. The highest BCUT2D eigenvalue weighted by atomic mass is 79.9. The lowest BCUT2D eigenvalue weighted by molar-refractivity contribution is -0.142. The van der Waals surface area contributed by atoms with Crippen molar-refractivity contribution in [3.63, 3.8) is 0 Å². The summed E-state index contributed by atoms with van der Waals surface area (Å²) in [7, 11) is 0. The van der Waals surface area contributed by atoms with Crippen LogP contribution in [0, 0.1) is 0 Å². The topological polar surface area (TPSA) is 58.6 Å². The molecule has 1 N–H and O–H groups in total. The summed E-state index contributed by atoms with van der Waals surface area (Å²) in [4.78, 5) is 27.2. The molecule has 0 aliphatic rings. The average Bonchev–Trinajstić information content (AvgIpc) is 2.80. The molecule has 162 valence electrons. The molecule has 0 spiro atoms. The summed E-state index contributed by atoms with van der Waals surface area (Å²) in [6, 6.07) is 20.8. The minimum Gasteiger partial charge on any atom is -0.483 e. The number of fused-ring (bicyclic) bond motifs is 1. The van der Waals surface area contributed by atoms with Crippen LogP contribution in [-0.2, 0) is 16.1 Å². The molecule has 0 aliphatic heterocycles. The Morgan fingerprint density at radius 3 is 2.48 bits per heavy atom. The average molecular weight is 483 g/mol. The molecule has 1 atom stereocenters. The monoisotopic (exact) mass is 482 g/mol. The lowest BCUT2D eigenvalue weighted by Gasteiger charge is -2.28. The molecule has 1 unspecified atom stereocenters. The van der Waals surface area contributed by atoms with Gasteiger partial charge in [-0.15, -0.1) is 0 Å². The van der Waals surface area contributed by atoms with Gasteiger partial charge in [0.25, 0.3) is 5.91 Å². The van der Waals surface area contributed by atoms with Crippen molar-refractivity contribution in [1.82, 2.24) is 10.2 Å². The van der Waals surface area contributed by atoms with E-state index < -0.39 is 6.04 Å². The molecule has 0 heterocycles. The van der Waals surface area contributed by atoms with Gasteiger partial charge in [0.15, 0.2) is 6.61 Å². The third kappa shape index (κ3) is 5.85. The van der Waals surface area contributed by atoms with Crippen LogP contribution in [0.25, 0.3) is 10.8 Å². The molecule has 3 aromatic carbocycles. The Kier molecular flexibility index (Phi) is 8.06. The van der Waals surface area contributed by atoms with Crippen LogP contribution in [0.4, 0.5) is 0 Å². The molecule has 31 heavy (non-hydrogen) atoms. The molecule has 3 aromatic rings. The number of carbonyl (C=O) groups excluding carboxylic acids is 2. The molecule has 5 nitrogen and oxygen atoms in total. The highest BCUT2D eigenvalue weighted by Crippen LogP contribution is 2.33. The Balaban J connectivity index is 1.76. The van der Waals surface area contributed by atoms with Crippen LogP contribution in [0.15, 0.2) is 71.2 Å². The van der Waals surface area contributed by atoms with E-state index in [0.29, 0.717) is 18.8 Å². The number of hydrogen-bond acceptors (Lipinski definition) is 3. The van der Waals surface area contributed by atoms with Gasteiger partial charge in [0.2, 0.25) is 5.91 Å². The molecule has 3 rings (SSSR count). The smallest absolute Gasteiger partial charge is 0.261 e. The number of amides is 2. The molecule has 0 bridgehead atoms. The van der Waals surface area contributed by atoms with Crippen LogP contribution in [0.2, 0.25) is 0 Å². The van der Waals surface area contributed by atoms with Crippen molar-refractivity contribution in [3.05, 3.63) is 76.8 Å². The van der Waals surface area contributed by atoms with Crippen molar-refractivity contribution in [2.45, 2.75) is 32.9 Å². The van der Waals surface area contributed by atoms with Crippen LogP contribution in [-0.4, -0.2) is 35.9 Å². The SMILES string of the molecule is CCCNC(=O)C(C)N(Cc1ccccc1)C(=O)COc1ccc2ccccc2c1Br. The van der Waals surface area contributed by atoms with Crippen molar-refractivity contribution in [2.24, 2.45) is 0 Å². The number of carbonyl (C=O) groups is 2. The molecule has 0 saturated carbocycles. The van der Waals surface area contributed by atoms with E-state index in [4.69, 9.17) is 4.74 Å². The zero-order valence-corrected chi connectivity index (χ0v) is 19.4. The summed E-state index contributed by atoms with van der Waals surface area (Å²) in [5.41, 5.74) is 0.956. The van der Waals surface area contributed by atoms with Gasteiger partial charge in [0, 0.05) is 13.1 Å². The predicted octanol–water partition coefficient (Wildman–Crippen LogP) is 4.92. The summed E-state index contributed by atoms with van der Waals surface area (Å²) < 4.78 is 6.67. The van der Waals surface area contributed by atoms with Gasteiger partial charge in [0.1, 0.15) is 11.8 Å². The maximum absolute atomic E-state index is 13.1. The number of benzene rings is 3. The van der Waals surface area contributed by atoms with Crippen LogP contribution in [0.1, 0.15) is 25.8 Å². The summed E-state index contributed by atoms with van der Waals surface area (Å²) >= 11 is 3.59. The summed E-state index contributed by atoms with van der Waals surface area (Å²) in [6.45, 7) is 4.50. The number of rotatable bonds is 9.